The molecule has 5 amide bonds. The topological polar surface area (TPSA) is 237 Å². The van der Waals surface area contributed by atoms with Crippen molar-refractivity contribution in [2.24, 2.45) is 17.8 Å². The highest BCUT2D eigenvalue weighted by molar-refractivity contribution is 6.01. The first-order valence-electron chi connectivity index (χ1n) is 49.0. The number of fused-ring (bicyclic) bond motifs is 5. The van der Waals surface area contributed by atoms with Crippen LogP contribution < -0.4 is 23.7 Å². The number of hydrogen-bond donors (Lipinski definition) is 0. The molecule has 0 unspecified atom stereocenters. The minimum absolute atomic E-state index is 0.0452. The largest absolute Gasteiger partial charge is 0.497 e. The van der Waals surface area contributed by atoms with E-state index in [2.05, 4.69) is 95.9 Å². The molecule has 15 heterocycles. The summed E-state index contributed by atoms with van der Waals surface area (Å²) in [7, 11) is 8.28. The number of nitrogens with zero attached hydrogens (tertiary/aromatic N) is 15. The Balaban J connectivity index is 0.000000117. The molecule has 0 spiro atoms. The van der Waals surface area contributed by atoms with Crippen molar-refractivity contribution >= 4 is 84.7 Å². The van der Waals surface area contributed by atoms with Crippen molar-refractivity contribution in [1.82, 2.24) is 72.3 Å². The maximum Gasteiger partial charge on any atom is 0.255 e. The van der Waals surface area contributed by atoms with Crippen LogP contribution in [0, 0.1) is 17.8 Å². The van der Waals surface area contributed by atoms with Crippen LogP contribution in [0.1, 0.15) is 167 Å². The monoisotopic (exact) mass is 1880 g/mol. The average Bonchev–Trinajstić information content (AvgIpc) is 1.74. The molecule has 720 valence electrons. The Morgan fingerprint density at radius 3 is 0.844 bits per heavy atom. The average molecular weight is 1890 g/mol. The summed E-state index contributed by atoms with van der Waals surface area (Å²) < 4.78 is 36.2. The molecule has 17 aromatic rings. The van der Waals surface area contributed by atoms with Gasteiger partial charge >= 0.3 is 0 Å². The van der Waals surface area contributed by atoms with E-state index in [-0.39, 0.29) is 41.6 Å². The van der Waals surface area contributed by atoms with Gasteiger partial charge in [0.05, 0.1) is 63.4 Å². The third-order valence-electron chi connectivity index (χ3n) is 28.2. The maximum atomic E-state index is 13.1. The summed E-state index contributed by atoms with van der Waals surface area (Å²) in [6.45, 7) is 17.4. The number of amides is 5. The number of pyridine rings is 5. The molecular formula is C116H121N15O10. The van der Waals surface area contributed by atoms with Crippen LogP contribution in [-0.2, 0) is 0 Å². The molecule has 7 aromatic carbocycles. The fourth-order valence-electron chi connectivity index (χ4n) is 20.3. The van der Waals surface area contributed by atoms with Gasteiger partial charge in [-0.1, -0.05) is 87.9 Å². The molecule has 0 saturated carbocycles. The first-order chi connectivity index (χ1) is 68.8. The number of rotatable bonds is 18. The van der Waals surface area contributed by atoms with Crippen LogP contribution in [0.5, 0.6) is 28.7 Å². The molecule has 0 bridgehead atoms. The van der Waals surface area contributed by atoms with Crippen LogP contribution in [-0.4, -0.2) is 202 Å². The number of aromatic nitrogens is 10. The van der Waals surface area contributed by atoms with Crippen molar-refractivity contribution in [3.63, 3.8) is 0 Å². The summed E-state index contributed by atoms with van der Waals surface area (Å²) in [5.41, 5.74) is 15.2. The van der Waals surface area contributed by atoms with Gasteiger partial charge in [0, 0.05) is 188 Å². The van der Waals surface area contributed by atoms with Gasteiger partial charge < -0.3 is 71.0 Å². The molecule has 0 N–H and O–H groups in total. The van der Waals surface area contributed by atoms with Gasteiger partial charge in [0.25, 0.3) is 29.5 Å². The molecule has 0 radical (unpaired) electrons. The molecule has 5 saturated heterocycles. The molecule has 22 rings (SSSR count). The molecule has 10 aromatic heterocycles. The van der Waals surface area contributed by atoms with Crippen molar-refractivity contribution in [3.8, 4) is 57.2 Å². The van der Waals surface area contributed by atoms with Crippen LogP contribution in [0.25, 0.3) is 83.6 Å². The van der Waals surface area contributed by atoms with Crippen molar-refractivity contribution in [3.05, 3.63) is 344 Å². The molecule has 25 heteroatoms. The number of carbonyl (C=O) groups excluding carboxylic acids is 5. The highest BCUT2D eigenvalue weighted by Gasteiger charge is 2.35. The number of likely N-dealkylation sites (tertiary alicyclic amines) is 5. The number of piperidine rings is 4. The SMILES string of the molecule is CCC1CCN(C(=O)c2cnc3c(ccn3-c3ccc(OC)cc3)c2)CC1.COc1ccc(-n2ccc3cc(C(=O)N4CC(c5ccccc5)C4)cnc32)cc1.COc1ccc(-n2ccc3cc(C(=O)N4CCC(c5ccccc5)CC4)cnc32)cc1.COc1ccc(-n2ccc3cc(C(=O)N4C[C@H](C)C[C@H](C)C4)cnc32)cc1.COc1ccc(-n2ccc3cc(C(=O)N4[C@H](C)CCC[C@@H]4C)cnc32)cc1. The van der Waals surface area contributed by atoms with E-state index >= 15 is 0 Å². The fourth-order valence-corrected chi connectivity index (χ4v) is 20.3. The summed E-state index contributed by atoms with van der Waals surface area (Å²) in [6, 6.07) is 80.5. The highest BCUT2D eigenvalue weighted by atomic mass is 16.5. The van der Waals surface area contributed by atoms with Gasteiger partial charge in [0.1, 0.15) is 57.0 Å². The predicted octanol–water partition coefficient (Wildman–Crippen LogP) is 22.2. The second-order valence-electron chi connectivity index (χ2n) is 37.5. The molecule has 5 aliphatic heterocycles. The van der Waals surface area contributed by atoms with E-state index in [0.717, 1.165) is 209 Å². The highest BCUT2D eigenvalue weighted by Crippen LogP contribution is 2.36. The fraction of sp³-hybridized carbons (Fsp3) is 0.293. The summed E-state index contributed by atoms with van der Waals surface area (Å²) in [4.78, 5) is 97.7. The zero-order chi connectivity index (χ0) is 97.7. The second-order valence-corrected chi connectivity index (χ2v) is 37.5. The smallest absolute Gasteiger partial charge is 0.255 e. The van der Waals surface area contributed by atoms with Gasteiger partial charge in [0.2, 0.25) is 0 Å². The first-order valence-corrected chi connectivity index (χ1v) is 49.0. The van der Waals surface area contributed by atoms with Crippen LogP contribution in [0.3, 0.4) is 0 Å². The van der Waals surface area contributed by atoms with Crippen molar-refractivity contribution < 1.29 is 47.7 Å². The Labute approximate surface area is 822 Å². The number of benzene rings is 7. The predicted molar refractivity (Wildman–Crippen MR) is 554 cm³/mol. The van der Waals surface area contributed by atoms with Crippen molar-refractivity contribution in [2.45, 2.75) is 116 Å². The maximum absolute atomic E-state index is 13.1. The van der Waals surface area contributed by atoms with Gasteiger partial charge in [0.15, 0.2) is 0 Å². The Bertz CT molecular complexity index is 7180. The normalized spacial score (nSPS) is 16.7. The van der Waals surface area contributed by atoms with E-state index in [1.165, 1.54) is 30.4 Å². The van der Waals surface area contributed by atoms with Crippen LogP contribution in [0.2, 0.25) is 0 Å². The lowest BCUT2D eigenvalue weighted by Gasteiger charge is -2.39. The molecule has 4 atom stereocenters. The Kier molecular flexibility index (Phi) is 29.6. The minimum Gasteiger partial charge on any atom is -0.497 e. The molecular weight excluding hydrogens is 1760 g/mol. The van der Waals surface area contributed by atoms with Gasteiger partial charge in [-0.15, -0.1) is 0 Å². The van der Waals surface area contributed by atoms with E-state index in [1.54, 1.807) is 66.5 Å². The van der Waals surface area contributed by atoms with Crippen LogP contribution in [0.15, 0.2) is 305 Å². The Morgan fingerprint density at radius 1 is 0.298 bits per heavy atom. The summed E-state index contributed by atoms with van der Waals surface area (Å²) >= 11 is 0. The minimum atomic E-state index is 0.0452. The van der Waals surface area contributed by atoms with E-state index in [4.69, 9.17) is 23.7 Å². The zero-order valence-corrected chi connectivity index (χ0v) is 81.7. The number of carbonyl (C=O) groups is 5. The molecule has 5 fully saturated rings. The van der Waals surface area contributed by atoms with Gasteiger partial charge in [-0.2, -0.15) is 0 Å². The first kappa shape index (κ1) is 95.6. The van der Waals surface area contributed by atoms with Crippen molar-refractivity contribution in [1.29, 1.82) is 0 Å². The Hall–Kier alpha value is -15.7. The molecule has 0 aliphatic carbocycles. The second kappa shape index (κ2) is 43.6. The lowest BCUT2D eigenvalue weighted by atomic mass is 9.89. The summed E-state index contributed by atoms with van der Waals surface area (Å²) in [5, 5.41) is 4.82. The van der Waals surface area contributed by atoms with Crippen LogP contribution in [0.4, 0.5) is 0 Å². The van der Waals surface area contributed by atoms with Crippen molar-refractivity contribution in [2.75, 3.05) is 87.9 Å². The third-order valence-corrected chi connectivity index (χ3v) is 28.2. The quantitative estimate of drug-likeness (QED) is 0.0776. The third kappa shape index (κ3) is 21.5. The van der Waals surface area contributed by atoms with Gasteiger partial charge in [-0.3, -0.25) is 24.0 Å². The van der Waals surface area contributed by atoms with Gasteiger partial charge in [-0.25, -0.2) is 24.9 Å². The lowest BCUT2D eigenvalue weighted by molar-refractivity contribution is 0.0509. The van der Waals surface area contributed by atoms with E-state index in [0.29, 0.717) is 51.5 Å². The van der Waals surface area contributed by atoms with E-state index in [9.17, 15) is 24.0 Å². The summed E-state index contributed by atoms with van der Waals surface area (Å²) in [5.74, 6) is 7.28. The lowest BCUT2D eigenvalue weighted by Crippen LogP contribution is -2.48. The Morgan fingerprint density at radius 2 is 0.560 bits per heavy atom. The number of methoxy groups -OCH3 is 5. The van der Waals surface area contributed by atoms with Gasteiger partial charge in [-0.05, 0) is 282 Å². The number of ether oxygens (including phenoxy) is 5. The zero-order valence-electron chi connectivity index (χ0n) is 81.7. The summed E-state index contributed by atoms with van der Waals surface area (Å²) in [6.07, 6.45) is 28.3. The number of hydrogen-bond acceptors (Lipinski definition) is 15. The standard InChI is InChI=1S/C26H25N3O2.C24H21N3O2.3C22H25N3O2/c1-31-24-9-7-23(8-10-24)29-16-13-21-17-22(18-27-25(21)29)26(30)28-14-11-20(12-15-28)19-5-3-2-4-6-19;1-29-22-9-7-21(8-10-22)27-12-11-18-13-19(14-25-23(18)27)24(28)26-15-20(16-26)17-5-3-2-4-6-17;1-15-10-16(2)14-24(13-15)22(26)18-11-17-8-9-25(21(17)23-12-18)19-4-6-20(27-3)7-5-19;1-15-5-4-6-16(2)25(15)22(26)18-13-17-11-12-24(21(17)23-14-18)19-7-9-20(27-3)10-8-19;1-3-16-8-11-24(12-9-16)22(26)18-14-17-10-13-25(21(17)23-15-18)19-4-6-20(27-2)7-5-19/h2-10,13,16-18,20H,11-12,14-15H2,1H3;2-14,20H,15-16H2,1H3;4-9,11-12,15-16H,10,13-14H2,1-3H3;7-16H,4-6H2,1-3H3;4-7,10,13-16H,3,8-9,11-12H2,1-2H3/t;;2*15-,16+;. The van der Waals surface area contributed by atoms with E-state index < -0.39 is 0 Å². The van der Waals surface area contributed by atoms with E-state index in [1.807, 2.05) is 285 Å². The molecule has 5 aliphatic rings. The molecule has 141 heavy (non-hydrogen) atoms. The van der Waals surface area contributed by atoms with Crippen LogP contribution >= 0.6 is 0 Å². The molecule has 25 nitrogen and oxygen atoms in total.